The quantitative estimate of drug-likeness (QED) is 0.518. The smallest absolute Gasteiger partial charge is 0.104 e. The van der Waals surface area contributed by atoms with E-state index in [0.717, 1.165) is 12.8 Å². The lowest BCUT2D eigenvalue weighted by Crippen LogP contribution is -2.49. The lowest BCUT2D eigenvalue weighted by atomic mass is 9.87. The molecule has 2 aliphatic rings. The Balaban J connectivity index is 2.14. The summed E-state index contributed by atoms with van der Waals surface area (Å²) in [5.74, 6) is 0. The van der Waals surface area contributed by atoms with Gasteiger partial charge in [-0.05, 0) is 19.8 Å². The molecule has 0 aromatic heterocycles. The summed E-state index contributed by atoms with van der Waals surface area (Å²) in [4.78, 5) is 0. The van der Waals surface area contributed by atoms with E-state index in [1.807, 2.05) is 6.92 Å². The third kappa shape index (κ3) is 0.916. The van der Waals surface area contributed by atoms with Crippen molar-refractivity contribution >= 4 is 0 Å². The molecule has 1 heterocycles. The Morgan fingerprint density at radius 2 is 2.00 bits per heavy atom. The average molecular weight is 158 g/mol. The highest BCUT2D eigenvalue weighted by atomic mass is 16.5. The molecule has 1 saturated heterocycles. The molecular weight excluding hydrogens is 144 g/mol. The first-order chi connectivity index (χ1) is 5.17. The molecule has 64 valence electrons. The van der Waals surface area contributed by atoms with Crippen LogP contribution in [0.15, 0.2) is 0 Å². The fourth-order valence-electron chi connectivity index (χ4n) is 1.97. The number of hydrogen-bond acceptors (Lipinski definition) is 3. The Labute approximate surface area is 66.0 Å². The van der Waals surface area contributed by atoms with Crippen LogP contribution in [0.5, 0.6) is 0 Å². The highest BCUT2D eigenvalue weighted by molar-refractivity contribution is 5.07. The lowest BCUT2D eigenvalue weighted by molar-refractivity contribution is -0.163. The summed E-state index contributed by atoms with van der Waals surface area (Å²) in [5.41, 5.74) is -0.0995. The lowest BCUT2D eigenvalue weighted by Gasteiger charge is -2.37. The van der Waals surface area contributed by atoms with Crippen molar-refractivity contribution in [3.05, 3.63) is 0 Å². The predicted octanol–water partition coefficient (Wildman–Crippen LogP) is -0.0929. The van der Waals surface area contributed by atoms with Crippen molar-refractivity contribution in [2.75, 3.05) is 6.61 Å². The van der Waals surface area contributed by atoms with Crippen molar-refractivity contribution in [1.82, 2.24) is 0 Å². The predicted molar refractivity (Wildman–Crippen MR) is 39.1 cm³/mol. The first-order valence-corrected chi connectivity index (χ1v) is 4.14. The molecule has 1 saturated carbocycles. The van der Waals surface area contributed by atoms with E-state index in [1.165, 1.54) is 0 Å². The SMILES string of the molecule is CC1OC[C@H](O)[C@H](O)C12CC2. The molecule has 0 bridgehead atoms. The molecule has 1 spiro atoms. The maximum atomic E-state index is 9.61. The summed E-state index contributed by atoms with van der Waals surface area (Å²) in [6.07, 6.45) is 0.861. The topological polar surface area (TPSA) is 49.7 Å². The normalized spacial score (nSPS) is 47.7. The van der Waals surface area contributed by atoms with Gasteiger partial charge in [-0.25, -0.2) is 0 Å². The van der Waals surface area contributed by atoms with Gasteiger partial charge < -0.3 is 14.9 Å². The molecule has 1 aliphatic carbocycles. The molecule has 11 heavy (non-hydrogen) atoms. The summed E-state index contributed by atoms with van der Waals surface area (Å²) in [6.45, 7) is 2.26. The van der Waals surface area contributed by atoms with Crippen LogP contribution in [0.2, 0.25) is 0 Å². The second kappa shape index (κ2) is 2.19. The fraction of sp³-hybridized carbons (Fsp3) is 1.00. The molecule has 3 nitrogen and oxygen atoms in total. The van der Waals surface area contributed by atoms with Crippen molar-refractivity contribution in [2.24, 2.45) is 5.41 Å². The molecule has 3 atom stereocenters. The zero-order valence-corrected chi connectivity index (χ0v) is 6.66. The van der Waals surface area contributed by atoms with Crippen LogP contribution in [0.4, 0.5) is 0 Å². The average Bonchev–Trinajstić information content (AvgIpc) is 2.76. The van der Waals surface area contributed by atoms with Crippen molar-refractivity contribution in [3.8, 4) is 0 Å². The number of rotatable bonds is 0. The molecule has 2 N–H and O–H groups in total. The molecule has 0 radical (unpaired) electrons. The van der Waals surface area contributed by atoms with Crippen LogP contribution in [0, 0.1) is 5.41 Å². The molecule has 3 heteroatoms. The van der Waals surface area contributed by atoms with Crippen LogP contribution in [0.3, 0.4) is 0 Å². The summed E-state index contributed by atoms with van der Waals surface area (Å²) >= 11 is 0. The summed E-state index contributed by atoms with van der Waals surface area (Å²) in [5, 5.41) is 18.9. The Bertz CT molecular complexity index is 165. The van der Waals surface area contributed by atoms with Gasteiger partial charge in [-0.15, -0.1) is 0 Å². The van der Waals surface area contributed by atoms with Gasteiger partial charge in [0.2, 0.25) is 0 Å². The van der Waals surface area contributed by atoms with E-state index in [4.69, 9.17) is 4.74 Å². The van der Waals surface area contributed by atoms with Crippen LogP contribution in [0.1, 0.15) is 19.8 Å². The van der Waals surface area contributed by atoms with Crippen LogP contribution >= 0.6 is 0 Å². The van der Waals surface area contributed by atoms with E-state index in [-0.39, 0.29) is 18.1 Å². The van der Waals surface area contributed by atoms with Gasteiger partial charge in [0.15, 0.2) is 0 Å². The summed E-state index contributed by atoms with van der Waals surface area (Å²) < 4.78 is 5.33. The van der Waals surface area contributed by atoms with Gasteiger partial charge in [0, 0.05) is 5.41 Å². The van der Waals surface area contributed by atoms with Crippen LogP contribution in [-0.4, -0.2) is 35.1 Å². The minimum atomic E-state index is -0.673. The third-order valence-electron chi connectivity index (χ3n) is 3.11. The second-order valence-electron chi connectivity index (χ2n) is 3.72. The van der Waals surface area contributed by atoms with E-state index >= 15 is 0 Å². The maximum absolute atomic E-state index is 9.61. The number of ether oxygens (including phenoxy) is 1. The first kappa shape index (κ1) is 7.53. The standard InChI is InChI=1S/C8H14O3/c1-5-8(2-3-8)7(10)6(9)4-11-5/h5-7,9-10H,2-4H2,1H3/t5?,6-,7-/m0/s1. The Kier molecular flexibility index (Phi) is 1.50. The Morgan fingerprint density at radius 1 is 1.36 bits per heavy atom. The first-order valence-electron chi connectivity index (χ1n) is 4.14. The molecule has 2 fully saturated rings. The van der Waals surface area contributed by atoms with E-state index in [1.54, 1.807) is 0 Å². The van der Waals surface area contributed by atoms with Gasteiger partial charge in [0.05, 0.1) is 18.8 Å². The van der Waals surface area contributed by atoms with Gasteiger partial charge in [-0.2, -0.15) is 0 Å². The van der Waals surface area contributed by atoms with Gasteiger partial charge in [0.25, 0.3) is 0 Å². The monoisotopic (exact) mass is 158 g/mol. The van der Waals surface area contributed by atoms with Crippen LogP contribution < -0.4 is 0 Å². The van der Waals surface area contributed by atoms with Crippen molar-refractivity contribution in [1.29, 1.82) is 0 Å². The third-order valence-corrected chi connectivity index (χ3v) is 3.11. The largest absolute Gasteiger partial charge is 0.390 e. The van der Waals surface area contributed by atoms with Gasteiger partial charge >= 0.3 is 0 Å². The molecule has 2 rings (SSSR count). The summed E-state index contributed by atoms with van der Waals surface area (Å²) in [7, 11) is 0. The number of aliphatic hydroxyl groups excluding tert-OH is 2. The Hall–Kier alpha value is -0.120. The minimum absolute atomic E-state index is 0.0995. The van der Waals surface area contributed by atoms with Crippen LogP contribution in [-0.2, 0) is 4.74 Å². The minimum Gasteiger partial charge on any atom is -0.390 e. The van der Waals surface area contributed by atoms with Crippen molar-refractivity contribution < 1.29 is 14.9 Å². The van der Waals surface area contributed by atoms with E-state index < -0.39 is 12.2 Å². The van der Waals surface area contributed by atoms with E-state index in [0.29, 0.717) is 0 Å². The maximum Gasteiger partial charge on any atom is 0.104 e. The number of hydrogen-bond donors (Lipinski definition) is 2. The van der Waals surface area contributed by atoms with E-state index in [2.05, 4.69) is 0 Å². The van der Waals surface area contributed by atoms with Crippen LogP contribution in [0.25, 0.3) is 0 Å². The molecular formula is C8H14O3. The molecule has 1 aliphatic heterocycles. The fourth-order valence-corrected chi connectivity index (χ4v) is 1.97. The van der Waals surface area contributed by atoms with E-state index in [9.17, 15) is 10.2 Å². The molecule has 0 aromatic rings. The summed E-state index contributed by atoms with van der Waals surface area (Å²) in [6, 6.07) is 0. The van der Waals surface area contributed by atoms with Crippen molar-refractivity contribution in [3.63, 3.8) is 0 Å². The molecule has 1 unspecified atom stereocenters. The van der Waals surface area contributed by atoms with Crippen molar-refractivity contribution in [2.45, 2.75) is 38.1 Å². The Morgan fingerprint density at radius 3 is 2.45 bits per heavy atom. The molecule has 0 aromatic carbocycles. The zero-order chi connectivity index (χ0) is 8.06. The highest BCUT2D eigenvalue weighted by Gasteiger charge is 2.58. The number of aliphatic hydroxyl groups is 2. The molecule has 0 amide bonds. The zero-order valence-electron chi connectivity index (χ0n) is 6.66. The van der Waals surface area contributed by atoms with Gasteiger partial charge in [-0.1, -0.05) is 0 Å². The second-order valence-corrected chi connectivity index (χ2v) is 3.72. The van der Waals surface area contributed by atoms with Gasteiger partial charge in [-0.3, -0.25) is 0 Å². The van der Waals surface area contributed by atoms with Gasteiger partial charge in [0.1, 0.15) is 6.10 Å². The highest BCUT2D eigenvalue weighted by Crippen LogP contribution is 2.55.